The summed E-state index contributed by atoms with van der Waals surface area (Å²) in [5.41, 5.74) is 2.34. The van der Waals surface area contributed by atoms with E-state index in [9.17, 15) is 9.18 Å². The van der Waals surface area contributed by atoms with E-state index in [0.29, 0.717) is 32.5 Å². The summed E-state index contributed by atoms with van der Waals surface area (Å²) in [7, 11) is 0. The second-order valence-electron chi connectivity index (χ2n) is 7.89. The summed E-state index contributed by atoms with van der Waals surface area (Å²) in [6, 6.07) is 14.6. The van der Waals surface area contributed by atoms with Gasteiger partial charge in [0.15, 0.2) is 0 Å². The van der Waals surface area contributed by atoms with Crippen molar-refractivity contribution in [1.29, 1.82) is 0 Å². The third-order valence-electron chi connectivity index (χ3n) is 6.15. The Morgan fingerprint density at radius 1 is 1.20 bits per heavy atom. The number of para-hydroxylation sites is 1. The first-order valence-electron chi connectivity index (χ1n) is 10.4. The number of hydrogen-bond acceptors (Lipinski definition) is 5. The number of likely N-dealkylation sites (tertiary alicyclic amines) is 1. The van der Waals surface area contributed by atoms with Crippen molar-refractivity contribution in [3.63, 3.8) is 0 Å². The van der Waals surface area contributed by atoms with E-state index in [1.807, 2.05) is 25.1 Å². The zero-order chi connectivity index (χ0) is 20.7. The van der Waals surface area contributed by atoms with Crippen molar-refractivity contribution in [2.24, 2.45) is 5.10 Å². The van der Waals surface area contributed by atoms with Crippen LogP contribution in [0.3, 0.4) is 0 Å². The molecule has 0 bridgehead atoms. The minimum absolute atomic E-state index is 0.0594. The molecule has 156 valence electrons. The van der Waals surface area contributed by atoms with Crippen LogP contribution in [0.4, 0.5) is 9.18 Å². The topological polar surface area (TPSA) is 54.4 Å². The van der Waals surface area contributed by atoms with Crippen LogP contribution in [0, 0.1) is 5.82 Å². The van der Waals surface area contributed by atoms with Gasteiger partial charge in [-0.25, -0.2) is 14.2 Å². The van der Waals surface area contributed by atoms with Crippen LogP contribution in [0.2, 0.25) is 0 Å². The molecule has 1 atom stereocenters. The van der Waals surface area contributed by atoms with Crippen molar-refractivity contribution in [2.75, 3.05) is 19.7 Å². The van der Waals surface area contributed by atoms with Gasteiger partial charge in [0.2, 0.25) is 5.72 Å². The summed E-state index contributed by atoms with van der Waals surface area (Å²) >= 11 is 0. The Kier molecular flexibility index (Phi) is 4.60. The fourth-order valence-electron chi connectivity index (χ4n) is 4.63. The van der Waals surface area contributed by atoms with Crippen LogP contribution in [0.1, 0.15) is 43.4 Å². The molecular weight excluding hydrogens is 385 g/mol. The molecule has 0 saturated carbocycles. The number of fused-ring (bicyclic) bond motifs is 4. The lowest BCUT2D eigenvalue weighted by Gasteiger charge is -2.50. The molecule has 3 aliphatic rings. The highest BCUT2D eigenvalue weighted by Gasteiger charge is 2.52. The van der Waals surface area contributed by atoms with E-state index in [2.05, 4.69) is 11.1 Å². The van der Waals surface area contributed by atoms with E-state index >= 15 is 0 Å². The average Bonchev–Trinajstić information content (AvgIpc) is 3.22. The lowest BCUT2D eigenvalue weighted by atomic mass is 9.91. The molecule has 0 radical (unpaired) electrons. The average molecular weight is 409 g/mol. The molecule has 1 amide bonds. The van der Waals surface area contributed by atoms with E-state index in [1.54, 1.807) is 17.0 Å². The standard InChI is InChI=1S/C23H24FN3O3/c1-2-29-22(28)26-13-11-23(12-14-26)27-20(18-5-3-4-6-21(18)30-23)15-19(25-27)16-7-9-17(24)10-8-16/h3-10,20H,2,11-15H2,1H3. The van der Waals surface area contributed by atoms with Gasteiger partial charge < -0.3 is 14.4 Å². The predicted octanol–water partition coefficient (Wildman–Crippen LogP) is 4.32. The van der Waals surface area contributed by atoms with Gasteiger partial charge >= 0.3 is 6.09 Å². The molecule has 0 N–H and O–H groups in total. The number of rotatable bonds is 2. The van der Waals surface area contributed by atoms with Crippen LogP contribution in [0.5, 0.6) is 5.75 Å². The summed E-state index contributed by atoms with van der Waals surface area (Å²) < 4.78 is 25.1. The fraction of sp³-hybridized carbons (Fsp3) is 0.391. The first-order chi connectivity index (χ1) is 14.6. The van der Waals surface area contributed by atoms with Crippen molar-refractivity contribution >= 4 is 11.8 Å². The Morgan fingerprint density at radius 2 is 1.93 bits per heavy atom. The minimum atomic E-state index is -0.607. The maximum Gasteiger partial charge on any atom is 0.409 e. The second-order valence-corrected chi connectivity index (χ2v) is 7.89. The van der Waals surface area contributed by atoms with Crippen molar-refractivity contribution in [2.45, 2.75) is 38.0 Å². The Hall–Kier alpha value is -3.09. The van der Waals surface area contributed by atoms with Crippen LogP contribution in [-0.2, 0) is 4.74 Å². The first kappa shape index (κ1) is 18.9. The second kappa shape index (κ2) is 7.31. The van der Waals surface area contributed by atoms with E-state index in [1.165, 1.54) is 12.1 Å². The Morgan fingerprint density at radius 3 is 2.67 bits per heavy atom. The molecule has 5 rings (SSSR count). The molecule has 1 unspecified atom stereocenters. The zero-order valence-corrected chi connectivity index (χ0v) is 16.9. The molecule has 0 aliphatic carbocycles. The van der Waals surface area contributed by atoms with Gasteiger partial charge in [-0.3, -0.25) is 0 Å². The van der Waals surface area contributed by atoms with E-state index in [4.69, 9.17) is 14.6 Å². The zero-order valence-electron chi connectivity index (χ0n) is 16.9. The molecule has 3 aliphatic heterocycles. The van der Waals surface area contributed by atoms with Gasteiger partial charge in [-0.1, -0.05) is 30.3 Å². The Labute approximate surface area is 174 Å². The van der Waals surface area contributed by atoms with Gasteiger partial charge in [-0.2, -0.15) is 5.10 Å². The van der Waals surface area contributed by atoms with E-state index in [-0.39, 0.29) is 18.0 Å². The highest BCUT2D eigenvalue weighted by Crippen LogP contribution is 2.49. The molecule has 2 aromatic carbocycles. The number of hydrogen-bond donors (Lipinski definition) is 0. The molecule has 2 aromatic rings. The third kappa shape index (κ3) is 3.09. The van der Waals surface area contributed by atoms with Crippen LogP contribution in [0.15, 0.2) is 53.6 Å². The third-order valence-corrected chi connectivity index (χ3v) is 6.15. The molecular formula is C23H24FN3O3. The van der Waals surface area contributed by atoms with Gasteiger partial charge in [-0.05, 0) is 30.7 Å². The number of ether oxygens (including phenoxy) is 2. The fourth-order valence-corrected chi connectivity index (χ4v) is 4.63. The summed E-state index contributed by atoms with van der Waals surface area (Å²) in [4.78, 5) is 13.9. The number of carbonyl (C=O) groups is 1. The number of benzene rings is 2. The van der Waals surface area contributed by atoms with Gasteiger partial charge in [-0.15, -0.1) is 0 Å². The molecule has 7 heteroatoms. The number of amides is 1. The largest absolute Gasteiger partial charge is 0.466 e. The summed E-state index contributed by atoms with van der Waals surface area (Å²) in [5.74, 6) is 0.616. The number of nitrogens with zero attached hydrogens (tertiary/aromatic N) is 3. The van der Waals surface area contributed by atoms with Gasteiger partial charge in [0.25, 0.3) is 0 Å². The van der Waals surface area contributed by atoms with Gasteiger partial charge in [0.1, 0.15) is 11.6 Å². The van der Waals surface area contributed by atoms with Gasteiger partial charge in [0, 0.05) is 37.9 Å². The van der Waals surface area contributed by atoms with E-state index < -0.39 is 5.72 Å². The van der Waals surface area contributed by atoms with Crippen LogP contribution >= 0.6 is 0 Å². The quantitative estimate of drug-likeness (QED) is 0.741. The minimum Gasteiger partial charge on any atom is -0.466 e. The normalized spacial score (nSPS) is 21.5. The number of piperidine rings is 1. The highest BCUT2D eigenvalue weighted by molar-refractivity contribution is 6.02. The summed E-state index contributed by atoms with van der Waals surface area (Å²) in [6.07, 6.45) is 1.72. The molecule has 0 aromatic heterocycles. The predicted molar refractivity (Wildman–Crippen MR) is 110 cm³/mol. The van der Waals surface area contributed by atoms with Gasteiger partial charge in [0.05, 0.1) is 18.4 Å². The van der Waals surface area contributed by atoms with Crippen molar-refractivity contribution in [1.82, 2.24) is 9.91 Å². The summed E-state index contributed by atoms with van der Waals surface area (Å²) in [6.45, 7) is 3.27. The Balaban J connectivity index is 1.47. The van der Waals surface area contributed by atoms with Crippen LogP contribution < -0.4 is 4.74 Å². The van der Waals surface area contributed by atoms with Crippen molar-refractivity contribution < 1.29 is 18.7 Å². The Bertz CT molecular complexity index is 983. The number of carbonyl (C=O) groups excluding carboxylic acids is 1. The van der Waals surface area contributed by atoms with Crippen molar-refractivity contribution in [3.05, 3.63) is 65.5 Å². The maximum atomic E-state index is 13.4. The molecule has 1 spiro atoms. The summed E-state index contributed by atoms with van der Waals surface area (Å²) in [5, 5.41) is 7.04. The highest BCUT2D eigenvalue weighted by atomic mass is 19.1. The molecule has 6 nitrogen and oxygen atoms in total. The smallest absolute Gasteiger partial charge is 0.409 e. The number of hydrazone groups is 1. The SMILES string of the molecule is CCOC(=O)N1CCC2(CC1)Oc1ccccc1C1CC(c3ccc(F)cc3)=NN12. The molecule has 30 heavy (non-hydrogen) atoms. The molecule has 1 fully saturated rings. The lowest BCUT2D eigenvalue weighted by Crippen LogP contribution is -2.59. The van der Waals surface area contributed by atoms with Crippen LogP contribution in [0.25, 0.3) is 0 Å². The lowest BCUT2D eigenvalue weighted by molar-refractivity contribution is -0.147. The molecule has 3 heterocycles. The number of halogens is 1. The van der Waals surface area contributed by atoms with Crippen molar-refractivity contribution in [3.8, 4) is 5.75 Å². The first-order valence-corrected chi connectivity index (χ1v) is 10.4. The van der Waals surface area contributed by atoms with Crippen LogP contribution in [-0.4, -0.2) is 47.1 Å². The monoisotopic (exact) mass is 409 g/mol. The van der Waals surface area contributed by atoms with E-state index in [0.717, 1.165) is 29.0 Å². The maximum absolute atomic E-state index is 13.4. The molecule has 1 saturated heterocycles.